The number of hydrazone groups is 1. The van der Waals surface area contributed by atoms with Gasteiger partial charge in [-0.2, -0.15) is 5.10 Å². The summed E-state index contributed by atoms with van der Waals surface area (Å²) in [5, 5.41) is 11.1. The number of benzene rings is 2. The molecular weight excluding hydrogens is 448 g/mol. The lowest BCUT2D eigenvalue weighted by Crippen LogP contribution is -2.32. The molecule has 12 heteroatoms. The van der Waals surface area contributed by atoms with Crippen molar-refractivity contribution in [2.45, 2.75) is 20.8 Å². The Labute approximate surface area is 198 Å². The quantitative estimate of drug-likeness (QED) is 0.132. The summed E-state index contributed by atoms with van der Waals surface area (Å²) in [6.45, 7) is 6.58. The van der Waals surface area contributed by atoms with Gasteiger partial charge in [0.15, 0.2) is 0 Å². The molecule has 33 heavy (non-hydrogen) atoms. The van der Waals surface area contributed by atoms with Crippen molar-refractivity contribution in [3.05, 3.63) is 70.2 Å². The SMILES string of the molecule is CCONC(N)=N/N=C/c1ccccc1Cl.CCONC(N)=NN.Cc1ccccc1C=O. The van der Waals surface area contributed by atoms with Gasteiger partial charge >= 0.3 is 0 Å². The number of hydrogen-bond donors (Lipinski definition) is 5. The minimum absolute atomic E-state index is 0.0758. The molecule has 0 aromatic heterocycles. The number of rotatable bonds is 7. The van der Waals surface area contributed by atoms with Crippen LogP contribution in [-0.2, 0) is 9.68 Å². The Hall–Kier alpha value is -3.67. The molecule has 0 fully saturated rings. The first-order valence-corrected chi connectivity index (χ1v) is 10.2. The summed E-state index contributed by atoms with van der Waals surface area (Å²) in [6.07, 6.45) is 2.39. The van der Waals surface area contributed by atoms with Crippen LogP contribution >= 0.6 is 11.6 Å². The molecule has 0 saturated heterocycles. The van der Waals surface area contributed by atoms with E-state index in [9.17, 15) is 4.79 Å². The van der Waals surface area contributed by atoms with Crippen molar-refractivity contribution in [1.29, 1.82) is 0 Å². The summed E-state index contributed by atoms with van der Waals surface area (Å²) < 4.78 is 0. The zero-order valence-corrected chi connectivity index (χ0v) is 19.6. The van der Waals surface area contributed by atoms with E-state index in [-0.39, 0.29) is 11.9 Å². The number of nitrogens with zero attached hydrogens (tertiary/aromatic N) is 3. The summed E-state index contributed by atoms with van der Waals surface area (Å²) >= 11 is 5.91. The van der Waals surface area contributed by atoms with Crippen LogP contribution in [0.4, 0.5) is 0 Å². The normalized spacial score (nSPS) is 11.0. The number of carbonyl (C=O) groups is 1. The van der Waals surface area contributed by atoms with Crippen LogP contribution in [0.15, 0.2) is 63.8 Å². The smallest absolute Gasteiger partial charge is 0.237 e. The monoisotopic (exact) mass is 478 g/mol. The maximum Gasteiger partial charge on any atom is 0.237 e. The summed E-state index contributed by atoms with van der Waals surface area (Å²) in [5.41, 5.74) is 17.8. The van der Waals surface area contributed by atoms with Crippen molar-refractivity contribution < 1.29 is 14.5 Å². The molecule has 0 amide bonds. The fraction of sp³-hybridized carbons (Fsp3) is 0.238. The number of aryl methyl sites for hydroxylation is 1. The molecule has 2 aromatic rings. The fourth-order valence-electron chi connectivity index (χ4n) is 1.79. The Kier molecular flexibility index (Phi) is 16.9. The van der Waals surface area contributed by atoms with Crippen LogP contribution in [0.2, 0.25) is 5.02 Å². The van der Waals surface area contributed by atoms with Crippen LogP contribution in [-0.4, -0.2) is 37.6 Å². The summed E-state index contributed by atoms with van der Waals surface area (Å²) in [4.78, 5) is 19.6. The second-order valence-corrected chi connectivity index (χ2v) is 6.22. The highest BCUT2D eigenvalue weighted by Gasteiger charge is 1.93. The lowest BCUT2D eigenvalue weighted by Gasteiger charge is -2.00. The molecule has 0 saturated carbocycles. The van der Waals surface area contributed by atoms with E-state index in [0.29, 0.717) is 18.2 Å². The van der Waals surface area contributed by atoms with Gasteiger partial charge in [0.1, 0.15) is 6.29 Å². The second-order valence-electron chi connectivity index (χ2n) is 5.81. The zero-order valence-electron chi connectivity index (χ0n) is 18.9. The third-order valence-electron chi connectivity index (χ3n) is 3.36. The molecule has 0 radical (unpaired) electrons. The predicted octanol–water partition coefficient (Wildman–Crippen LogP) is 2.05. The number of guanidine groups is 2. The summed E-state index contributed by atoms with van der Waals surface area (Å²) in [7, 11) is 0. The zero-order chi connectivity index (χ0) is 24.9. The maximum atomic E-state index is 10.2. The summed E-state index contributed by atoms with van der Waals surface area (Å²) in [6, 6.07) is 14.8. The van der Waals surface area contributed by atoms with Crippen LogP contribution < -0.4 is 28.3 Å². The van der Waals surface area contributed by atoms with Crippen LogP contribution in [0.3, 0.4) is 0 Å². The molecule has 11 nitrogen and oxygen atoms in total. The first kappa shape index (κ1) is 29.3. The number of nitrogens with two attached hydrogens (primary N) is 3. The Balaban J connectivity index is 0.000000511. The van der Waals surface area contributed by atoms with Crippen molar-refractivity contribution in [2.24, 2.45) is 32.6 Å². The lowest BCUT2D eigenvalue weighted by atomic mass is 10.1. The van der Waals surface area contributed by atoms with Gasteiger partial charge in [-0.3, -0.25) is 14.5 Å². The number of hydrogen-bond acceptors (Lipinski definition) is 7. The number of nitrogens with one attached hydrogen (secondary N) is 2. The van der Waals surface area contributed by atoms with E-state index in [1.165, 1.54) is 6.21 Å². The van der Waals surface area contributed by atoms with Crippen LogP contribution in [0, 0.1) is 6.92 Å². The molecule has 2 rings (SSSR count). The van der Waals surface area contributed by atoms with E-state index in [2.05, 4.69) is 31.1 Å². The molecule has 0 atom stereocenters. The van der Waals surface area contributed by atoms with Gasteiger partial charge in [-0.15, -0.1) is 10.2 Å². The van der Waals surface area contributed by atoms with Crippen molar-refractivity contribution in [3.63, 3.8) is 0 Å². The molecular formula is C21H31ClN8O3. The van der Waals surface area contributed by atoms with Crippen molar-refractivity contribution in [3.8, 4) is 0 Å². The van der Waals surface area contributed by atoms with E-state index in [1.807, 2.05) is 63.2 Å². The molecule has 180 valence electrons. The molecule has 8 N–H and O–H groups in total. The maximum absolute atomic E-state index is 10.2. The van der Waals surface area contributed by atoms with Crippen molar-refractivity contribution in [2.75, 3.05) is 13.2 Å². The van der Waals surface area contributed by atoms with Crippen LogP contribution in [0.25, 0.3) is 0 Å². The van der Waals surface area contributed by atoms with Gasteiger partial charge in [-0.25, -0.2) is 11.0 Å². The third kappa shape index (κ3) is 14.9. The van der Waals surface area contributed by atoms with Gasteiger partial charge in [0.05, 0.1) is 19.4 Å². The molecule has 0 spiro atoms. The first-order chi connectivity index (χ1) is 15.9. The highest BCUT2D eigenvalue weighted by molar-refractivity contribution is 6.33. The van der Waals surface area contributed by atoms with Gasteiger partial charge in [-0.05, 0) is 32.4 Å². The fourth-order valence-corrected chi connectivity index (χ4v) is 1.98. The van der Waals surface area contributed by atoms with Gasteiger partial charge < -0.3 is 17.3 Å². The lowest BCUT2D eigenvalue weighted by molar-refractivity contribution is 0.0957. The van der Waals surface area contributed by atoms with Gasteiger partial charge in [-0.1, -0.05) is 54.1 Å². The standard InChI is InChI=1S/C10H13ClN4O.C8H8O.C3H10N4O/c1-2-16-15-10(12)14-13-7-8-5-3-4-6-9(8)11;1-7-4-2-3-5-8(7)6-9;1-2-8-7-3(4)6-5/h3-7H,2H2,1H3,(H3,12,14,15);2-6H,1H3;2,5H2,1H3,(H3,4,6,7)/b13-7+;;. The number of carbonyl (C=O) groups excluding carboxylic acids is 1. The molecule has 0 aliphatic rings. The molecule has 2 aromatic carbocycles. The molecule has 0 bridgehead atoms. The average molecular weight is 479 g/mol. The second kappa shape index (κ2) is 19.0. The van der Waals surface area contributed by atoms with E-state index >= 15 is 0 Å². The van der Waals surface area contributed by atoms with Crippen LogP contribution in [0.1, 0.15) is 35.3 Å². The van der Waals surface area contributed by atoms with Crippen molar-refractivity contribution in [1.82, 2.24) is 11.0 Å². The Morgan fingerprint density at radius 3 is 2.00 bits per heavy atom. The van der Waals surface area contributed by atoms with Gasteiger partial charge in [0.2, 0.25) is 11.9 Å². The minimum atomic E-state index is 0.0758. The van der Waals surface area contributed by atoms with Crippen LogP contribution in [0.5, 0.6) is 0 Å². The average Bonchev–Trinajstić information content (AvgIpc) is 2.83. The van der Waals surface area contributed by atoms with Crippen molar-refractivity contribution >= 4 is 36.0 Å². The molecule has 0 heterocycles. The number of aldehydes is 1. The topological polar surface area (TPSA) is 175 Å². The molecule has 0 unspecified atom stereocenters. The predicted molar refractivity (Wildman–Crippen MR) is 133 cm³/mol. The minimum Gasteiger partial charge on any atom is -0.367 e. The largest absolute Gasteiger partial charge is 0.367 e. The Morgan fingerprint density at radius 1 is 0.970 bits per heavy atom. The van der Waals surface area contributed by atoms with E-state index in [0.717, 1.165) is 23.0 Å². The summed E-state index contributed by atoms with van der Waals surface area (Å²) in [5.74, 6) is 4.90. The van der Waals surface area contributed by atoms with Gasteiger partial charge in [0.25, 0.3) is 0 Å². The van der Waals surface area contributed by atoms with E-state index in [1.54, 1.807) is 6.07 Å². The highest BCUT2D eigenvalue weighted by atomic mass is 35.5. The number of hydroxylamine groups is 2. The van der Waals surface area contributed by atoms with E-state index < -0.39 is 0 Å². The molecule has 0 aliphatic carbocycles. The third-order valence-corrected chi connectivity index (χ3v) is 3.71. The van der Waals surface area contributed by atoms with E-state index in [4.69, 9.17) is 33.7 Å². The highest BCUT2D eigenvalue weighted by Crippen LogP contribution is 2.12. The van der Waals surface area contributed by atoms with Gasteiger partial charge in [0, 0.05) is 16.1 Å². The Morgan fingerprint density at radius 2 is 1.52 bits per heavy atom. The first-order valence-electron chi connectivity index (χ1n) is 9.80. The molecule has 0 aliphatic heterocycles. The number of halogens is 1. The Bertz CT molecular complexity index is 907.